The fraction of sp³-hybridized carbons (Fsp3) is 0.105. The molecule has 7 nitrogen and oxygen atoms in total. The zero-order valence-electron chi connectivity index (χ0n) is 14.3. The summed E-state index contributed by atoms with van der Waals surface area (Å²) in [6.07, 6.45) is 2.28. The van der Waals surface area contributed by atoms with Gasteiger partial charge < -0.3 is 14.2 Å². The van der Waals surface area contributed by atoms with Crippen LogP contribution >= 0.6 is 0 Å². The highest BCUT2D eigenvalue weighted by Crippen LogP contribution is 2.23. The lowest BCUT2D eigenvalue weighted by molar-refractivity contribution is 0.205. The molecular weight excluding hydrogens is 334 g/mol. The zero-order valence-corrected chi connectivity index (χ0v) is 14.3. The fourth-order valence-electron chi connectivity index (χ4n) is 2.09. The van der Waals surface area contributed by atoms with E-state index in [1.54, 1.807) is 50.6 Å². The van der Waals surface area contributed by atoms with Crippen molar-refractivity contribution in [1.29, 1.82) is 0 Å². The highest BCUT2D eigenvalue weighted by atomic mass is 16.6. The molecule has 3 aromatic rings. The minimum atomic E-state index is -0.583. The highest BCUT2D eigenvalue weighted by molar-refractivity contribution is 5.88. The van der Waals surface area contributed by atoms with Gasteiger partial charge in [-0.2, -0.15) is 9.97 Å². The average molecular weight is 351 g/mol. The Bertz CT molecular complexity index is 852. The molecule has 0 aliphatic heterocycles. The third kappa shape index (κ3) is 4.27. The van der Waals surface area contributed by atoms with Gasteiger partial charge >= 0.3 is 12.1 Å². The first-order chi connectivity index (χ1) is 12.7. The van der Waals surface area contributed by atoms with Crippen LogP contribution in [-0.2, 0) is 0 Å². The van der Waals surface area contributed by atoms with Crippen molar-refractivity contribution in [3.63, 3.8) is 0 Å². The van der Waals surface area contributed by atoms with E-state index in [0.717, 1.165) is 5.75 Å². The molecule has 0 aliphatic rings. The van der Waals surface area contributed by atoms with Gasteiger partial charge in [-0.25, -0.2) is 4.79 Å². The lowest BCUT2D eigenvalue weighted by Gasteiger charge is -2.15. The molecule has 0 fully saturated rings. The monoisotopic (exact) mass is 351 g/mol. The topological polar surface area (TPSA) is 73.8 Å². The second-order valence-corrected chi connectivity index (χ2v) is 5.24. The number of para-hydroxylation sites is 1. The first-order valence-corrected chi connectivity index (χ1v) is 7.80. The molecule has 0 radical (unpaired) electrons. The van der Waals surface area contributed by atoms with Crippen molar-refractivity contribution in [2.24, 2.45) is 0 Å². The van der Waals surface area contributed by atoms with Crippen LogP contribution in [0.3, 0.4) is 0 Å². The van der Waals surface area contributed by atoms with E-state index in [1.165, 1.54) is 17.3 Å². The summed E-state index contributed by atoms with van der Waals surface area (Å²) in [6.45, 7) is 0. The summed E-state index contributed by atoms with van der Waals surface area (Å²) >= 11 is 0. The summed E-state index contributed by atoms with van der Waals surface area (Å²) in [4.78, 5) is 21.5. The molecule has 132 valence electrons. The summed E-state index contributed by atoms with van der Waals surface area (Å²) in [5.41, 5.74) is 0.706. The molecule has 0 aliphatic carbocycles. The number of benzene rings is 2. The predicted molar refractivity (Wildman–Crippen MR) is 96.0 cm³/mol. The Morgan fingerprint density at radius 2 is 1.50 bits per heavy atom. The molecule has 0 saturated carbocycles. The molecule has 0 N–H and O–H groups in total. The van der Waals surface area contributed by atoms with Gasteiger partial charge in [-0.1, -0.05) is 18.2 Å². The van der Waals surface area contributed by atoms with E-state index in [9.17, 15) is 4.79 Å². The summed E-state index contributed by atoms with van der Waals surface area (Å²) < 4.78 is 15.9. The van der Waals surface area contributed by atoms with Crippen LogP contribution in [0.1, 0.15) is 0 Å². The molecule has 0 saturated heterocycles. The Morgan fingerprint density at radius 1 is 0.885 bits per heavy atom. The second kappa shape index (κ2) is 7.98. The molecule has 26 heavy (non-hydrogen) atoms. The van der Waals surface area contributed by atoms with Crippen molar-refractivity contribution in [2.75, 3.05) is 19.1 Å². The number of hydrogen-bond donors (Lipinski definition) is 0. The number of anilines is 1. The van der Waals surface area contributed by atoms with Crippen LogP contribution in [0.5, 0.6) is 23.3 Å². The Morgan fingerprint density at radius 3 is 2.12 bits per heavy atom. The Labute approximate surface area is 150 Å². The van der Waals surface area contributed by atoms with Crippen LogP contribution in [0, 0.1) is 0 Å². The van der Waals surface area contributed by atoms with Crippen molar-refractivity contribution in [1.82, 2.24) is 9.97 Å². The maximum Gasteiger partial charge on any atom is 0.421 e. The molecule has 3 rings (SSSR count). The summed E-state index contributed by atoms with van der Waals surface area (Å²) in [7, 11) is 3.21. The van der Waals surface area contributed by atoms with Crippen LogP contribution in [0.15, 0.2) is 67.0 Å². The Kier molecular flexibility index (Phi) is 5.28. The smallest absolute Gasteiger partial charge is 0.421 e. The maximum absolute atomic E-state index is 12.1. The number of nitrogens with zero attached hydrogens (tertiary/aromatic N) is 3. The van der Waals surface area contributed by atoms with Crippen LogP contribution in [0.4, 0.5) is 10.5 Å². The van der Waals surface area contributed by atoms with E-state index in [0.29, 0.717) is 17.2 Å². The number of amides is 1. The lowest BCUT2D eigenvalue weighted by atomic mass is 10.3. The number of ether oxygens (including phenoxy) is 3. The molecule has 0 unspecified atom stereocenters. The number of aromatic nitrogens is 2. The molecule has 0 atom stereocenters. The van der Waals surface area contributed by atoms with Crippen molar-refractivity contribution in [3.8, 4) is 23.3 Å². The van der Waals surface area contributed by atoms with Gasteiger partial charge in [0.2, 0.25) is 0 Å². The first kappa shape index (κ1) is 17.2. The van der Waals surface area contributed by atoms with Gasteiger partial charge in [0.05, 0.1) is 19.5 Å². The molecule has 2 aromatic carbocycles. The highest BCUT2D eigenvalue weighted by Gasteiger charge is 2.14. The first-order valence-electron chi connectivity index (χ1n) is 7.80. The van der Waals surface area contributed by atoms with Crippen molar-refractivity contribution in [3.05, 3.63) is 67.0 Å². The molecular formula is C19H17N3O4. The van der Waals surface area contributed by atoms with Crippen molar-refractivity contribution in [2.45, 2.75) is 0 Å². The van der Waals surface area contributed by atoms with Crippen molar-refractivity contribution < 1.29 is 19.0 Å². The van der Waals surface area contributed by atoms with Crippen LogP contribution in [-0.4, -0.2) is 30.2 Å². The summed E-state index contributed by atoms with van der Waals surface area (Å²) in [6, 6.07) is 16.2. The number of rotatable bonds is 5. The average Bonchev–Trinajstić information content (AvgIpc) is 2.70. The van der Waals surface area contributed by atoms with Gasteiger partial charge in [0, 0.05) is 12.7 Å². The number of methoxy groups -OCH3 is 1. The molecule has 1 amide bonds. The van der Waals surface area contributed by atoms with E-state index < -0.39 is 6.09 Å². The van der Waals surface area contributed by atoms with Gasteiger partial charge in [0.1, 0.15) is 11.5 Å². The van der Waals surface area contributed by atoms with E-state index >= 15 is 0 Å². The third-order valence-electron chi connectivity index (χ3n) is 3.50. The lowest BCUT2D eigenvalue weighted by Crippen LogP contribution is -2.29. The molecule has 0 bridgehead atoms. The Balaban J connectivity index is 1.61. The van der Waals surface area contributed by atoms with E-state index in [1.807, 2.05) is 18.2 Å². The maximum atomic E-state index is 12.1. The zero-order chi connectivity index (χ0) is 18.4. The van der Waals surface area contributed by atoms with E-state index in [-0.39, 0.29) is 6.01 Å². The normalized spacial score (nSPS) is 10.1. The summed E-state index contributed by atoms with van der Waals surface area (Å²) in [5.74, 6) is 1.77. The van der Waals surface area contributed by atoms with Crippen LogP contribution in [0.25, 0.3) is 0 Å². The van der Waals surface area contributed by atoms with Crippen molar-refractivity contribution >= 4 is 11.8 Å². The summed E-state index contributed by atoms with van der Waals surface area (Å²) in [5, 5.41) is 0. The fourth-order valence-corrected chi connectivity index (χ4v) is 2.09. The minimum absolute atomic E-state index is 0.0557. The molecule has 0 spiro atoms. The van der Waals surface area contributed by atoms with Crippen LogP contribution in [0.2, 0.25) is 0 Å². The number of carbonyl (C=O) groups excluding carboxylic acids is 1. The predicted octanol–water partition coefficient (Wildman–Crippen LogP) is 3.91. The molecule has 1 heterocycles. The largest absolute Gasteiger partial charge is 0.497 e. The quantitative estimate of drug-likeness (QED) is 0.694. The molecule has 1 aromatic heterocycles. The van der Waals surface area contributed by atoms with Gasteiger partial charge in [0.25, 0.3) is 0 Å². The van der Waals surface area contributed by atoms with Gasteiger partial charge in [-0.15, -0.1) is 0 Å². The van der Waals surface area contributed by atoms with E-state index in [4.69, 9.17) is 14.2 Å². The van der Waals surface area contributed by atoms with Gasteiger partial charge in [0.15, 0.2) is 5.75 Å². The number of hydrogen-bond acceptors (Lipinski definition) is 6. The van der Waals surface area contributed by atoms with Gasteiger partial charge in [-0.3, -0.25) is 4.90 Å². The third-order valence-corrected chi connectivity index (χ3v) is 3.50. The number of carbonyl (C=O) groups is 1. The SMILES string of the molecule is COc1ccc(Oc2cnc(OC(=O)N(C)c3ccccc3)nc2)cc1. The van der Waals surface area contributed by atoms with E-state index in [2.05, 4.69) is 9.97 Å². The van der Waals surface area contributed by atoms with Crippen LogP contribution < -0.4 is 19.1 Å². The Hall–Kier alpha value is -3.61. The molecule has 7 heteroatoms. The van der Waals surface area contributed by atoms with Gasteiger partial charge in [-0.05, 0) is 36.4 Å². The minimum Gasteiger partial charge on any atom is -0.497 e. The standard InChI is InChI=1S/C19H17N3O4/c1-22(14-6-4-3-5-7-14)19(23)26-18-20-12-17(13-21-18)25-16-10-8-15(24-2)9-11-16/h3-13H,1-2H3. The second-order valence-electron chi connectivity index (χ2n) is 5.24.